The minimum atomic E-state index is -0.354. The number of carbonyl (C=O) groups is 1. The summed E-state index contributed by atoms with van der Waals surface area (Å²) < 4.78 is 4.79. The van der Waals surface area contributed by atoms with Crippen LogP contribution in [0, 0.1) is 6.92 Å². The van der Waals surface area contributed by atoms with Gasteiger partial charge in [0.05, 0.1) is 12.7 Å². The van der Waals surface area contributed by atoms with Crippen LogP contribution in [0.3, 0.4) is 0 Å². The van der Waals surface area contributed by atoms with E-state index in [0.717, 1.165) is 40.7 Å². The largest absolute Gasteiger partial charge is 0.465 e. The summed E-state index contributed by atoms with van der Waals surface area (Å²) in [4.78, 5) is 11.8. The summed E-state index contributed by atoms with van der Waals surface area (Å²) in [6.45, 7) is 2.65. The molecule has 0 fully saturated rings. The van der Waals surface area contributed by atoms with Crippen molar-refractivity contribution in [3.63, 3.8) is 0 Å². The Kier molecular flexibility index (Phi) is 8.91. The molecule has 0 radical (unpaired) electrons. The van der Waals surface area contributed by atoms with Crippen LogP contribution in [0.2, 0.25) is 5.02 Å². The molecule has 144 valence electrons. The number of hydrogen-bond acceptors (Lipinski definition) is 4. The summed E-state index contributed by atoms with van der Waals surface area (Å²) in [5, 5.41) is 7.65. The SMILES string of the molecule is COC(=O)c1cccc(NC(=S)NCCCSCc2ccc(Cl)cc2)c1C. The zero-order valence-electron chi connectivity index (χ0n) is 15.4. The summed E-state index contributed by atoms with van der Waals surface area (Å²) in [6, 6.07) is 13.4. The van der Waals surface area contributed by atoms with Crippen molar-refractivity contribution < 1.29 is 9.53 Å². The third-order valence-corrected chi connectivity index (χ3v) is 5.53. The normalized spacial score (nSPS) is 10.3. The van der Waals surface area contributed by atoms with E-state index in [1.807, 2.05) is 36.9 Å². The van der Waals surface area contributed by atoms with Crippen LogP contribution in [0.15, 0.2) is 42.5 Å². The van der Waals surface area contributed by atoms with E-state index in [4.69, 9.17) is 28.6 Å². The zero-order valence-corrected chi connectivity index (χ0v) is 17.8. The highest BCUT2D eigenvalue weighted by Gasteiger charge is 2.12. The maximum absolute atomic E-state index is 11.8. The highest BCUT2D eigenvalue weighted by molar-refractivity contribution is 7.98. The van der Waals surface area contributed by atoms with Gasteiger partial charge in [0.25, 0.3) is 0 Å². The molecule has 0 bridgehead atoms. The summed E-state index contributed by atoms with van der Waals surface area (Å²) >= 11 is 13.1. The van der Waals surface area contributed by atoms with Gasteiger partial charge in [0, 0.05) is 23.0 Å². The van der Waals surface area contributed by atoms with Crippen molar-refractivity contribution in [1.29, 1.82) is 0 Å². The Hall–Kier alpha value is -1.76. The number of benzene rings is 2. The van der Waals surface area contributed by atoms with E-state index in [2.05, 4.69) is 22.8 Å². The smallest absolute Gasteiger partial charge is 0.338 e. The van der Waals surface area contributed by atoms with Crippen LogP contribution in [0.5, 0.6) is 0 Å². The maximum Gasteiger partial charge on any atom is 0.338 e. The topological polar surface area (TPSA) is 50.4 Å². The number of esters is 1. The molecule has 0 aromatic heterocycles. The van der Waals surface area contributed by atoms with E-state index < -0.39 is 0 Å². The highest BCUT2D eigenvalue weighted by atomic mass is 35.5. The number of hydrogen-bond donors (Lipinski definition) is 2. The standard InChI is InChI=1S/C20H23ClN2O2S2/c1-14-17(19(24)25-2)5-3-6-18(14)23-20(26)22-11-4-12-27-13-15-7-9-16(21)10-8-15/h3,5-10H,4,11-13H2,1-2H3,(H2,22,23,26). The second-order valence-corrected chi connectivity index (χ2v) is 7.83. The Balaban J connectivity index is 1.69. The molecule has 0 aliphatic carbocycles. The lowest BCUT2D eigenvalue weighted by Gasteiger charge is -2.14. The fourth-order valence-electron chi connectivity index (χ4n) is 2.42. The van der Waals surface area contributed by atoms with Gasteiger partial charge >= 0.3 is 5.97 Å². The number of methoxy groups -OCH3 is 1. The monoisotopic (exact) mass is 422 g/mol. The predicted molar refractivity (Wildman–Crippen MR) is 119 cm³/mol. The molecule has 0 unspecified atom stereocenters. The first-order valence-corrected chi connectivity index (χ1v) is 10.5. The highest BCUT2D eigenvalue weighted by Crippen LogP contribution is 2.20. The number of ether oxygens (including phenoxy) is 1. The first-order valence-electron chi connectivity index (χ1n) is 8.56. The van der Waals surface area contributed by atoms with Gasteiger partial charge in [-0.25, -0.2) is 4.79 Å². The van der Waals surface area contributed by atoms with E-state index in [1.165, 1.54) is 12.7 Å². The van der Waals surface area contributed by atoms with E-state index in [9.17, 15) is 4.79 Å². The quantitative estimate of drug-likeness (QED) is 0.353. The molecule has 27 heavy (non-hydrogen) atoms. The third kappa shape index (κ3) is 7.05. The molecule has 2 N–H and O–H groups in total. The van der Waals surface area contributed by atoms with Crippen molar-refractivity contribution in [1.82, 2.24) is 5.32 Å². The second kappa shape index (κ2) is 11.2. The molecule has 2 rings (SSSR count). The van der Waals surface area contributed by atoms with Gasteiger partial charge in [-0.2, -0.15) is 11.8 Å². The van der Waals surface area contributed by atoms with Crippen LogP contribution in [0.25, 0.3) is 0 Å². The fourth-order valence-corrected chi connectivity index (χ4v) is 3.67. The molecule has 0 saturated heterocycles. The Bertz CT molecular complexity index is 782. The Labute approximate surface area is 175 Å². The Morgan fingerprint density at radius 3 is 2.67 bits per heavy atom. The lowest BCUT2D eigenvalue weighted by molar-refractivity contribution is 0.0600. The first kappa shape index (κ1) is 21.5. The van der Waals surface area contributed by atoms with Crippen molar-refractivity contribution >= 4 is 52.3 Å². The van der Waals surface area contributed by atoms with Crippen molar-refractivity contribution in [3.05, 3.63) is 64.2 Å². The van der Waals surface area contributed by atoms with Gasteiger partial charge in [-0.3, -0.25) is 0 Å². The average molecular weight is 423 g/mol. The van der Waals surface area contributed by atoms with Crippen LogP contribution in [-0.2, 0) is 10.5 Å². The molecule has 0 amide bonds. The van der Waals surface area contributed by atoms with Gasteiger partial charge in [-0.1, -0.05) is 29.8 Å². The summed E-state index contributed by atoms with van der Waals surface area (Å²) in [7, 11) is 1.37. The van der Waals surface area contributed by atoms with Crippen molar-refractivity contribution in [3.8, 4) is 0 Å². The van der Waals surface area contributed by atoms with Gasteiger partial charge < -0.3 is 15.4 Å². The molecular formula is C20H23ClN2O2S2. The van der Waals surface area contributed by atoms with E-state index in [0.29, 0.717) is 10.7 Å². The molecule has 0 aliphatic heterocycles. The Morgan fingerprint density at radius 1 is 1.22 bits per heavy atom. The lowest BCUT2D eigenvalue weighted by Crippen LogP contribution is -2.30. The van der Waals surface area contributed by atoms with Crippen LogP contribution in [-0.4, -0.2) is 30.5 Å². The van der Waals surface area contributed by atoms with Crippen LogP contribution >= 0.6 is 35.6 Å². The van der Waals surface area contributed by atoms with Crippen molar-refractivity contribution in [2.75, 3.05) is 24.7 Å². The van der Waals surface area contributed by atoms with Gasteiger partial charge in [-0.15, -0.1) is 0 Å². The molecule has 2 aromatic rings. The van der Waals surface area contributed by atoms with Gasteiger partial charge in [0.1, 0.15) is 0 Å². The molecule has 2 aromatic carbocycles. The number of anilines is 1. The number of halogens is 1. The number of carbonyl (C=O) groups excluding carboxylic acids is 1. The fraction of sp³-hybridized carbons (Fsp3) is 0.300. The second-order valence-electron chi connectivity index (χ2n) is 5.88. The Morgan fingerprint density at radius 2 is 1.96 bits per heavy atom. The van der Waals surface area contributed by atoms with Crippen molar-refractivity contribution in [2.45, 2.75) is 19.1 Å². The molecule has 0 atom stereocenters. The van der Waals surface area contributed by atoms with Gasteiger partial charge in [0.2, 0.25) is 0 Å². The lowest BCUT2D eigenvalue weighted by atomic mass is 10.1. The maximum atomic E-state index is 11.8. The molecule has 4 nitrogen and oxygen atoms in total. The molecule has 7 heteroatoms. The number of rotatable bonds is 8. The van der Waals surface area contributed by atoms with Crippen LogP contribution in [0.1, 0.15) is 27.9 Å². The molecule has 0 aliphatic rings. The van der Waals surface area contributed by atoms with Crippen molar-refractivity contribution in [2.24, 2.45) is 0 Å². The van der Waals surface area contributed by atoms with Crippen LogP contribution in [0.4, 0.5) is 5.69 Å². The molecule has 0 spiro atoms. The predicted octanol–water partition coefficient (Wildman–Crippen LogP) is 5.04. The number of thiocarbonyl (C=S) groups is 1. The molecule has 0 saturated carbocycles. The van der Waals surface area contributed by atoms with E-state index >= 15 is 0 Å². The minimum Gasteiger partial charge on any atom is -0.465 e. The first-order chi connectivity index (χ1) is 13.0. The average Bonchev–Trinajstić information content (AvgIpc) is 2.67. The zero-order chi connectivity index (χ0) is 19.6. The third-order valence-electron chi connectivity index (χ3n) is 3.92. The van der Waals surface area contributed by atoms with E-state index in [1.54, 1.807) is 12.1 Å². The van der Waals surface area contributed by atoms with Gasteiger partial charge in [0.15, 0.2) is 5.11 Å². The van der Waals surface area contributed by atoms with Gasteiger partial charge in [-0.05, 0) is 66.7 Å². The summed E-state index contributed by atoms with van der Waals surface area (Å²) in [5.74, 6) is 1.65. The number of nitrogens with one attached hydrogen (secondary N) is 2. The summed E-state index contributed by atoms with van der Waals surface area (Å²) in [5.41, 5.74) is 3.42. The minimum absolute atomic E-state index is 0.354. The summed E-state index contributed by atoms with van der Waals surface area (Å²) in [6.07, 6.45) is 1.00. The van der Waals surface area contributed by atoms with Crippen LogP contribution < -0.4 is 10.6 Å². The molecule has 0 heterocycles. The molecular weight excluding hydrogens is 400 g/mol. The van der Waals surface area contributed by atoms with E-state index in [-0.39, 0.29) is 5.97 Å². The number of thioether (sulfide) groups is 1.